The molecule has 1 aromatic carbocycles. The molecular formula is C10H13FO3. The smallest absolute Gasteiger partial charge is 0.165 e. The van der Waals surface area contributed by atoms with Crippen LogP contribution in [0.25, 0.3) is 0 Å². The number of hydrogen-bond donors (Lipinski definition) is 1. The Labute approximate surface area is 82.1 Å². The fourth-order valence-electron chi connectivity index (χ4n) is 1.14. The Balaban J connectivity index is 2.88. The normalized spacial score (nSPS) is 12.6. The maximum Gasteiger partial charge on any atom is 0.165 e. The van der Waals surface area contributed by atoms with E-state index in [1.807, 2.05) is 0 Å². The van der Waals surface area contributed by atoms with Crippen molar-refractivity contribution in [3.63, 3.8) is 0 Å². The molecule has 1 rings (SSSR count). The lowest BCUT2D eigenvalue weighted by Crippen LogP contribution is -2.05. The number of benzene rings is 1. The summed E-state index contributed by atoms with van der Waals surface area (Å²) >= 11 is 0. The van der Waals surface area contributed by atoms with Gasteiger partial charge in [-0.2, -0.15) is 0 Å². The molecule has 14 heavy (non-hydrogen) atoms. The van der Waals surface area contributed by atoms with Gasteiger partial charge < -0.3 is 14.6 Å². The zero-order chi connectivity index (χ0) is 10.6. The number of aliphatic hydroxyl groups is 1. The minimum Gasteiger partial charge on any atom is -0.494 e. The summed E-state index contributed by atoms with van der Waals surface area (Å²) in [6.07, 6.45) is -0.755. The predicted molar refractivity (Wildman–Crippen MR) is 49.8 cm³/mol. The van der Waals surface area contributed by atoms with Crippen LogP contribution in [0, 0.1) is 5.82 Å². The molecule has 0 bridgehead atoms. The second-order valence-corrected chi connectivity index (χ2v) is 2.87. The molecule has 1 unspecified atom stereocenters. The Morgan fingerprint density at radius 3 is 2.71 bits per heavy atom. The lowest BCUT2D eigenvalue weighted by molar-refractivity contribution is 0.0642. The standard InChI is InChI=1S/C10H13FO3/c1-13-6-9(12)7-3-4-8(11)10(5-7)14-2/h3-5,9,12H,6H2,1-2H3. The number of methoxy groups -OCH3 is 2. The van der Waals surface area contributed by atoms with E-state index >= 15 is 0 Å². The van der Waals surface area contributed by atoms with E-state index in [0.29, 0.717) is 5.56 Å². The van der Waals surface area contributed by atoms with Crippen LogP contribution in [-0.4, -0.2) is 25.9 Å². The maximum absolute atomic E-state index is 13.0. The van der Waals surface area contributed by atoms with Crippen LogP contribution in [0.2, 0.25) is 0 Å². The molecule has 0 aromatic heterocycles. The molecule has 3 nitrogen and oxygen atoms in total. The summed E-state index contributed by atoms with van der Waals surface area (Å²) in [5.41, 5.74) is 0.574. The average Bonchev–Trinajstić information content (AvgIpc) is 2.19. The minimum absolute atomic E-state index is 0.123. The molecule has 0 spiro atoms. The number of ether oxygens (including phenoxy) is 2. The van der Waals surface area contributed by atoms with Gasteiger partial charge in [0.25, 0.3) is 0 Å². The third-order valence-electron chi connectivity index (χ3n) is 1.88. The second kappa shape index (κ2) is 4.93. The van der Waals surface area contributed by atoms with Crippen molar-refractivity contribution in [3.05, 3.63) is 29.6 Å². The molecule has 1 aromatic rings. The summed E-state index contributed by atoms with van der Waals surface area (Å²) in [6, 6.07) is 4.22. The van der Waals surface area contributed by atoms with Gasteiger partial charge in [0.2, 0.25) is 0 Å². The Morgan fingerprint density at radius 2 is 2.14 bits per heavy atom. The second-order valence-electron chi connectivity index (χ2n) is 2.87. The maximum atomic E-state index is 13.0. The highest BCUT2D eigenvalue weighted by Crippen LogP contribution is 2.22. The monoisotopic (exact) mass is 200 g/mol. The summed E-state index contributed by atoms with van der Waals surface area (Å²) in [7, 11) is 2.87. The first kappa shape index (κ1) is 10.9. The van der Waals surface area contributed by atoms with Gasteiger partial charge in [-0.05, 0) is 17.7 Å². The summed E-state index contributed by atoms with van der Waals surface area (Å²) in [6.45, 7) is 0.175. The van der Waals surface area contributed by atoms with Crippen LogP contribution < -0.4 is 4.74 Å². The van der Waals surface area contributed by atoms with Gasteiger partial charge in [-0.3, -0.25) is 0 Å². The predicted octanol–water partition coefficient (Wildman–Crippen LogP) is 1.51. The first-order valence-corrected chi connectivity index (χ1v) is 4.19. The number of hydrogen-bond acceptors (Lipinski definition) is 3. The molecule has 1 atom stereocenters. The van der Waals surface area contributed by atoms with Crippen LogP contribution in [0.15, 0.2) is 18.2 Å². The highest BCUT2D eigenvalue weighted by atomic mass is 19.1. The van der Waals surface area contributed by atoms with E-state index < -0.39 is 11.9 Å². The number of rotatable bonds is 4. The van der Waals surface area contributed by atoms with Crippen LogP contribution >= 0.6 is 0 Å². The van der Waals surface area contributed by atoms with Gasteiger partial charge in [0.05, 0.1) is 13.7 Å². The van der Waals surface area contributed by atoms with Crippen LogP contribution in [0.3, 0.4) is 0 Å². The van der Waals surface area contributed by atoms with Crippen molar-refractivity contribution in [1.82, 2.24) is 0 Å². The molecule has 0 saturated heterocycles. The lowest BCUT2D eigenvalue weighted by atomic mass is 10.1. The van der Waals surface area contributed by atoms with E-state index in [0.717, 1.165) is 0 Å². The van der Waals surface area contributed by atoms with Gasteiger partial charge in [-0.1, -0.05) is 6.07 Å². The van der Waals surface area contributed by atoms with E-state index in [1.54, 1.807) is 0 Å². The highest BCUT2D eigenvalue weighted by molar-refractivity contribution is 5.31. The first-order chi connectivity index (χ1) is 6.69. The molecular weight excluding hydrogens is 187 g/mol. The molecule has 0 aliphatic carbocycles. The minimum atomic E-state index is -0.755. The third kappa shape index (κ3) is 2.43. The van der Waals surface area contributed by atoms with Gasteiger partial charge in [-0.15, -0.1) is 0 Å². The quantitative estimate of drug-likeness (QED) is 0.800. The Kier molecular flexibility index (Phi) is 3.85. The molecule has 0 saturated carbocycles. The van der Waals surface area contributed by atoms with E-state index in [-0.39, 0.29) is 12.4 Å². The van der Waals surface area contributed by atoms with Gasteiger partial charge in [0, 0.05) is 7.11 Å². The first-order valence-electron chi connectivity index (χ1n) is 4.19. The van der Waals surface area contributed by atoms with E-state index in [9.17, 15) is 9.50 Å². The molecule has 1 N–H and O–H groups in total. The molecule has 0 heterocycles. The highest BCUT2D eigenvalue weighted by Gasteiger charge is 2.10. The Hall–Kier alpha value is -1.13. The Bertz CT molecular complexity index is 301. The zero-order valence-corrected chi connectivity index (χ0v) is 8.16. The van der Waals surface area contributed by atoms with Gasteiger partial charge >= 0.3 is 0 Å². The SMILES string of the molecule is COCC(O)c1ccc(F)c(OC)c1. The molecule has 0 fully saturated rings. The fourth-order valence-corrected chi connectivity index (χ4v) is 1.14. The summed E-state index contributed by atoms with van der Waals surface area (Å²) in [4.78, 5) is 0. The lowest BCUT2D eigenvalue weighted by Gasteiger charge is -2.11. The molecule has 0 amide bonds. The van der Waals surface area contributed by atoms with Crippen molar-refractivity contribution in [2.45, 2.75) is 6.10 Å². The third-order valence-corrected chi connectivity index (χ3v) is 1.88. The topological polar surface area (TPSA) is 38.7 Å². The van der Waals surface area contributed by atoms with E-state index in [1.165, 1.54) is 32.4 Å². The number of aliphatic hydroxyl groups excluding tert-OH is 1. The van der Waals surface area contributed by atoms with Crippen molar-refractivity contribution in [2.24, 2.45) is 0 Å². The average molecular weight is 200 g/mol. The molecule has 0 radical (unpaired) electrons. The number of halogens is 1. The van der Waals surface area contributed by atoms with Crippen LogP contribution in [0.4, 0.5) is 4.39 Å². The zero-order valence-electron chi connectivity index (χ0n) is 8.16. The van der Waals surface area contributed by atoms with Crippen molar-refractivity contribution >= 4 is 0 Å². The van der Waals surface area contributed by atoms with Crippen LogP contribution in [0.5, 0.6) is 5.75 Å². The van der Waals surface area contributed by atoms with Gasteiger partial charge in [-0.25, -0.2) is 4.39 Å². The fraction of sp³-hybridized carbons (Fsp3) is 0.400. The van der Waals surface area contributed by atoms with Crippen molar-refractivity contribution < 1.29 is 19.0 Å². The summed E-state index contributed by atoms with van der Waals surface area (Å²) in [5.74, 6) is -0.321. The molecule has 4 heteroatoms. The van der Waals surface area contributed by atoms with Crippen molar-refractivity contribution in [2.75, 3.05) is 20.8 Å². The van der Waals surface area contributed by atoms with Crippen molar-refractivity contribution in [3.8, 4) is 5.75 Å². The van der Waals surface area contributed by atoms with Gasteiger partial charge in [0.15, 0.2) is 11.6 Å². The van der Waals surface area contributed by atoms with Crippen LogP contribution in [-0.2, 0) is 4.74 Å². The summed E-state index contributed by atoms with van der Waals surface area (Å²) in [5, 5.41) is 9.53. The van der Waals surface area contributed by atoms with E-state index in [2.05, 4.69) is 0 Å². The molecule has 0 aliphatic rings. The molecule has 0 aliphatic heterocycles. The summed E-state index contributed by atoms with van der Waals surface area (Å²) < 4.78 is 22.5. The molecule has 78 valence electrons. The largest absolute Gasteiger partial charge is 0.494 e. The van der Waals surface area contributed by atoms with Gasteiger partial charge in [0.1, 0.15) is 6.10 Å². The van der Waals surface area contributed by atoms with Crippen molar-refractivity contribution in [1.29, 1.82) is 0 Å². The van der Waals surface area contributed by atoms with E-state index in [4.69, 9.17) is 9.47 Å². The van der Waals surface area contributed by atoms with Crippen LogP contribution in [0.1, 0.15) is 11.7 Å². The Morgan fingerprint density at radius 1 is 1.43 bits per heavy atom.